The number of benzene rings is 1. The Morgan fingerprint density at radius 1 is 1.10 bits per heavy atom. The number of aryl methyl sites for hydroxylation is 2. The van der Waals surface area contributed by atoms with Crippen LogP contribution < -0.4 is 10.1 Å². The minimum Gasteiger partial charge on any atom is -0.487 e. The summed E-state index contributed by atoms with van der Waals surface area (Å²) in [5.41, 5.74) is 4.77. The second kappa shape index (κ2) is 7.79. The number of hydrogen-bond donors (Lipinski definition) is 1. The monoisotopic (exact) mass is 284 g/mol. The highest BCUT2D eigenvalue weighted by Crippen LogP contribution is 2.14. The zero-order chi connectivity index (χ0) is 15.1. The molecule has 0 unspecified atom stereocenters. The molecular formula is C18H24N2O. The van der Waals surface area contributed by atoms with Crippen LogP contribution >= 0.6 is 0 Å². The minimum absolute atomic E-state index is 0.581. The van der Waals surface area contributed by atoms with E-state index in [1.54, 1.807) is 6.20 Å². The maximum Gasteiger partial charge on any atom is 0.138 e. The second-order valence-corrected chi connectivity index (χ2v) is 5.45. The Bertz CT molecular complexity index is 544. The Balaban J connectivity index is 1.88. The van der Waals surface area contributed by atoms with Crippen molar-refractivity contribution in [3.8, 4) is 5.75 Å². The zero-order valence-corrected chi connectivity index (χ0v) is 13.1. The lowest BCUT2D eigenvalue weighted by molar-refractivity contribution is 0.304. The van der Waals surface area contributed by atoms with Gasteiger partial charge in [0.2, 0.25) is 0 Å². The molecule has 0 spiro atoms. The van der Waals surface area contributed by atoms with E-state index in [4.69, 9.17) is 4.74 Å². The molecule has 3 nitrogen and oxygen atoms in total. The number of nitrogens with one attached hydrogen (secondary N) is 1. The molecule has 0 fully saturated rings. The Morgan fingerprint density at radius 3 is 2.48 bits per heavy atom. The van der Waals surface area contributed by atoms with Gasteiger partial charge in [0.15, 0.2) is 0 Å². The average Bonchev–Trinajstić information content (AvgIpc) is 2.46. The molecule has 0 saturated heterocycles. The van der Waals surface area contributed by atoms with Gasteiger partial charge in [0.1, 0.15) is 12.4 Å². The molecule has 0 radical (unpaired) electrons. The maximum atomic E-state index is 5.80. The van der Waals surface area contributed by atoms with Crippen molar-refractivity contribution in [3.63, 3.8) is 0 Å². The molecule has 0 aliphatic heterocycles. The lowest BCUT2D eigenvalue weighted by Gasteiger charge is -2.09. The normalized spacial score (nSPS) is 10.6. The summed E-state index contributed by atoms with van der Waals surface area (Å²) in [6.45, 7) is 8.78. The fourth-order valence-electron chi connectivity index (χ4n) is 2.31. The zero-order valence-electron chi connectivity index (χ0n) is 13.1. The van der Waals surface area contributed by atoms with E-state index in [2.05, 4.69) is 49.3 Å². The van der Waals surface area contributed by atoms with E-state index >= 15 is 0 Å². The highest BCUT2D eigenvalue weighted by atomic mass is 16.5. The molecule has 3 heteroatoms. The molecule has 112 valence electrons. The van der Waals surface area contributed by atoms with Crippen LogP contribution in [0.1, 0.15) is 35.7 Å². The minimum atomic E-state index is 0.581. The quantitative estimate of drug-likeness (QED) is 0.786. The molecule has 0 atom stereocenters. The van der Waals surface area contributed by atoms with Crippen LogP contribution in [0.5, 0.6) is 5.75 Å². The lowest BCUT2D eigenvalue weighted by Crippen LogP contribution is -2.14. The van der Waals surface area contributed by atoms with Gasteiger partial charge in [-0.1, -0.05) is 36.2 Å². The predicted molar refractivity (Wildman–Crippen MR) is 86.5 cm³/mol. The fourth-order valence-corrected chi connectivity index (χ4v) is 2.31. The van der Waals surface area contributed by atoms with E-state index < -0.39 is 0 Å². The summed E-state index contributed by atoms with van der Waals surface area (Å²) in [4.78, 5) is 4.41. The number of aromatic nitrogens is 1. The van der Waals surface area contributed by atoms with Crippen LogP contribution in [0.25, 0.3) is 0 Å². The molecule has 0 amide bonds. The van der Waals surface area contributed by atoms with Crippen LogP contribution in [-0.2, 0) is 13.2 Å². The van der Waals surface area contributed by atoms with Crippen molar-refractivity contribution < 1.29 is 4.74 Å². The van der Waals surface area contributed by atoms with Gasteiger partial charge in [0.25, 0.3) is 0 Å². The van der Waals surface area contributed by atoms with E-state index in [1.165, 1.54) is 16.7 Å². The smallest absolute Gasteiger partial charge is 0.138 e. The summed E-state index contributed by atoms with van der Waals surface area (Å²) >= 11 is 0. The van der Waals surface area contributed by atoms with Gasteiger partial charge in [-0.3, -0.25) is 4.98 Å². The standard InChI is InChI=1S/C18H24N2O/c1-4-7-19-11-17-5-6-18(12-20-17)21-13-16-9-14(2)8-15(3)10-16/h5-6,8-10,12,19H,4,7,11,13H2,1-3H3. The van der Waals surface area contributed by atoms with Crippen LogP contribution in [0.15, 0.2) is 36.5 Å². The third kappa shape index (κ3) is 5.20. The van der Waals surface area contributed by atoms with Crippen molar-refractivity contribution >= 4 is 0 Å². The van der Waals surface area contributed by atoms with Crippen LogP contribution in [-0.4, -0.2) is 11.5 Å². The molecule has 1 aromatic heterocycles. The predicted octanol–water partition coefficient (Wildman–Crippen LogP) is 3.78. The Morgan fingerprint density at radius 2 is 1.86 bits per heavy atom. The summed E-state index contributed by atoms with van der Waals surface area (Å²) in [6, 6.07) is 10.5. The molecule has 0 saturated carbocycles. The topological polar surface area (TPSA) is 34.1 Å². The molecule has 1 aromatic carbocycles. The second-order valence-electron chi connectivity index (χ2n) is 5.45. The van der Waals surface area contributed by atoms with E-state index in [9.17, 15) is 0 Å². The van der Waals surface area contributed by atoms with Crippen LogP contribution in [0, 0.1) is 13.8 Å². The molecule has 2 aromatic rings. The highest BCUT2D eigenvalue weighted by molar-refractivity contribution is 5.29. The van der Waals surface area contributed by atoms with Gasteiger partial charge in [-0.05, 0) is 44.5 Å². The third-order valence-corrected chi connectivity index (χ3v) is 3.22. The maximum absolute atomic E-state index is 5.80. The molecule has 0 aliphatic carbocycles. The van der Waals surface area contributed by atoms with Crippen molar-refractivity contribution in [1.82, 2.24) is 10.3 Å². The van der Waals surface area contributed by atoms with Crippen molar-refractivity contribution in [1.29, 1.82) is 0 Å². The highest BCUT2D eigenvalue weighted by Gasteiger charge is 2.00. The molecule has 1 N–H and O–H groups in total. The third-order valence-electron chi connectivity index (χ3n) is 3.22. The van der Waals surface area contributed by atoms with Crippen LogP contribution in [0.4, 0.5) is 0 Å². The van der Waals surface area contributed by atoms with Gasteiger partial charge in [-0.2, -0.15) is 0 Å². The average molecular weight is 284 g/mol. The summed E-state index contributed by atoms with van der Waals surface area (Å²) in [5.74, 6) is 0.813. The fraction of sp³-hybridized carbons (Fsp3) is 0.389. The number of pyridine rings is 1. The first kappa shape index (κ1) is 15.5. The van der Waals surface area contributed by atoms with Gasteiger partial charge in [-0.15, -0.1) is 0 Å². The van der Waals surface area contributed by atoms with E-state index in [1.807, 2.05) is 12.1 Å². The van der Waals surface area contributed by atoms with Crippen LogP contribution in [0.3, 0.4) is 0 Å². The summed E-state index contributed by atoms with van der Waals surface area (Å²) in [6.07, 6.45) is 2.93. The van der Waals surface area contributed by atoms with E-state index in [-0.39, 0.29) is 0 Å². The Labute approximate surface area is 127 Å². The molecular weight excluding hydrogens is 260 g/mol. The summed E-state index contributed by atoms with van der Waals surface area (Å²) in [5, 5.41) is 3.34. The van der Waals surface area contributed by atoms with Gasteiger partial charge in [-0.25, -0.2) is 0 Å². The Kier molecular flexibility index (Phi) is 5.76. The number of rotatable bonds is 7. The van der Waals surface area contributed by atoms with Gasteiger partial charge >= 0.3 is 0 Å². The van der Waals surface area contributed by atoms with Crippen LogP contribution in [0.2, 0.25) is 0 Å². The SMILES string of the molecule is CCCNCc1ccc(OCc2cc(C)cc(C)c2)cn1. The molecule has 0 bridgehead atoms. The lowest BCUT2D eigenvalue weighted by atomic mass is 10.1. The largest absolute Gasteiger partial charge is 0.487 e. The van der Waals surface area contributed by atoms with Crippen molar-refractivity contribution in [2.45, 2.75) is 40.3 Å². The first-order valence-electron chi connectivity index (χ1n) is 7.53. The molecule has 2 rings (SSSR count). The van der Waals surface area contributed by atoms with Gasteiger partial charge < -0.3 is 10.1 Å². The first-order chi connectivity index (χ1) is 10.2. The van der Waals surface area contributed by atoms with Gasteiger partial charge in [0.05, 0.1) is 11.9 Å². The van der Waals surface area contributed by atoms with Crippen molar-refractivity contribution in [2.24, 2.45) is 0 Å². The summed E-state index contributed by atoms with van der Waals surface area (Å²) in [7, 11) is 0. The number of hydrogen-bond acceptors (Lipinski definition) is 3. The molecule has 1 heterocycles. The van der Waals surface area contributed by atoms with Crippen molar-refractivity contribution in [3.05, 3.63) is 58.9 Å². The van der Waals surface area contributed by atoms with E-state index in [0.29, 0.717) is 6.61 Å². The number of ether oxygens (including phenoxy) is 1. The number of nitrogens with zero attached hydrogens (tertiary/aromatic N) is 1. The van der Waals surface area contributed by atoms with E-state index in [0.717, 1.165) is 31.0 Å². The van der Waals surface area contributed by atoms with Gasteiger partial charge in [0, 0.05) is 6.54 Å². The molecule has 0 aliphatic rings. The Hall–Kier alpha value is -1.87. The van der Waals surface area contributed by atoms with Crippen molar-refractivity contribution in [2.75, 3.05) is 6.54 Å². The summed E-state index contributed by atoms with van der Waals surface area (Å²) < 4.78 is 5.80. The first-order valence-corrected chi connectivity index (χ1v) is 7.53. The molecule has 21 heavy (non-hydrogen) atoms.